The normalized spacial score (nSPS) is 17.1. The van der Waals surface area contributed by atoms with E-state index in [0.29, 0.717) is 18.0 Å². The maximum absolute atomic E-state index is 12.0. The van der Waals surface area contributed by atoms with E-state index in [1.54, 1.807) is 11.4 Å². The van der Waals surface area contributed by atoms with Gasteiger partial charge in [-0.25, -0.2) is 13.1 Å². The molecular formula is C12H21N3O2S2. The van der Waals surface area contributed by atoms with Crippen molar-refractivity contribution in [3.8, 4) is 0 Å². The molecule has 1 aromatic rings. The molecule has 0 amide bonds. The molecule has 0 spiro atoms. The predicted molar refractivity (Wildman–Crippen MR) is 77.7 cm³/mol. The van der Waals surface area contributed by atoms with E-state index in [-0.39, 0.29) is 0 Å². The van der Waals surface area contributed by atoms with Crippen molar-refractivity contribution in [1.82, 2.24) is 9.62 Å². The van der Waals surface area contributed by atoms with Crippen LogP contribution in [0.15, 0.2) is 16.3 Å². The smallest absolute Gasteiger partial charge is 0.241 e. The summed E-state index contributed by atoms with van der Waals surface area (Å²) in [7, 11) is -3.36. The van der Waals surface area contributed by atoms with Crippen LogP contribution in [0.3, 0.4) is 0 Å². The van der Waals surface area contributed by atoms with Crippen LogP contribution in [0.4, 0.5) is 0 Å². The average molecular weight is 303 g/mol. The lowest BCUT2D eigenvalue weighted by atomic mass is 10.4. The molecule has 1 aromatic heterocycles. The van der Waals surface area contributed by atoms with E-state index in [1.807, 2.05) is 0 Å². The number of sulfonamides is 1. The second-order valence-electron chi connectivity index (χ2n) is 4.75. The van der Waals surface area contributed by atoms with Crippen molar-refractivity contribution in [3.05, 3.63) is 16.3 Å². The zero-order valence-electron chi connectivity index (χ0n) is 11.0. The summed E-state index contributed by atoms with van der Waals surface area (Å²) in [4.78, 5) is 3.60. The van der Waals surface area contributed by atoms with Gasteiger partial charge in [-0.3, -0.25) is 0 Å². The van der Waals surface area contributed by atoms with Crippen molar-refractivity contribution >= 4 is 21.4 Å². The SMILES string of the molecule is NCc1cc(S(=O)(=O)NCCCN2CCCC2)cs1. The fourth-order valence-corrected chi connectivity index (χ4v) is 4.44. The molecule has 1 aliphatic rings. The van der Waals surface area contributed by atoms with Gasteiger partial charge in [-0.2, -0.15) is 0 Å². The number of nitrogens with one attached hydrogen (secondary N) is 1. The maximum Gasteiger partial charge on any atom is 0.241 e. The lowest BCUT2D eigenvalue weighted by molar-refractivity contribution is 0.334. The van der Waals surface area contributed by atoms with Gasteiger partial charge in [0.2, 0.25) is 10.0 Å². The Morgan fingerprint density at radius 1 is 1.37 bits per heavy atom. The summed E-state index contributed by atoms with van der Waals surface area (Å²) >= 11 is 1.38. The molecule has 5 nitrogen and oxygen atoms in total. The molecule has 1 aliphatic heterocycles. The molecule has 7 heteroatoms. The summed E-state index contributed by atoms with van der Waals surface area (Å²) in [6, 6.07) is 1.65. The fraction of sp³-hybridized carbons (Fsp3) is 0.667. The molecule has 1 fully saturated rings. The van der Waals surface area contributed by atoms with Crippen LogP contribution in [0.1, 0.15) is 24.1 Å². The Morgan fingerprint density at radius 2 is 2.11 bits per heavy atom. The predicted octanol–water partition coefficient (Wildman–Crippen LogP) is 0.971. The van der Waals surface area contributed by atoms with E-state index < -0.39 is 10.0 Å². The lowest BCUT2D eigenvalue weighted by Crippen LogP contribution is -2.28. The molecule has 0 radical (unpaired) electrons. The summed E-state index contributed by atoms with van der Waals surface area (Å²) in [5.41, 5.74) is 5.49. The van der Waals surface area contributed by atoms with Crippen molar-refractivity contribution in [2.45, 2.75) is 30.7 Å². The summed E-state index contributed by atoms with van der Waals surface area (Å²) in [6.45, 7) is 4.15. The first-order valence-electron chi connectivity index (χ1n) is 6.61. The highest BCUT2D eigenvalue weighted by molar-refractivity contribution is 7.89. The second kappa shape index (κ2) is 6.81. The first-order valence-corrected chi connectivity index (χ1v) is 8.97. The molecule has 0 aromatic carbocycles. The van der Waals surface area contributed by atoms with Gasteiger partial charge in [0.05, 0.1) is 4.90 Å². The number of nitrogens with zero attached hydrogens (tertiary/aromatic N) is 1. The summed E-state index contributed by atoms with van der Waals surface area (Å²) in [5.74, 6) is 0. The average Bonchev–Trinajstić information content (AvgIpc) is 3.05. The van der Waals surface area contributed by atoms with Gasteiger partial charge >= 0.3 is 0 Å². The Bertz CT molecular complexity index is 493. The highest BCUT2D eigenvalue weighted by atomic mass is 32.2. The minimum Gasteiger partial charge on any atom is -0.326 e. The molecule has 0 unspecified atom stereocenters. The Balaban J connectivity index is 1.77. The third-order valence-corrected chi connectivity index (χ3v) is 5.83. The number of hydrogen-bond donors (Lipinski definition) is 2. The largest absolute Gasteiger partial charge is 0.326 e. The van der Waals surface area contributed by atoms with Crippen LogP contribution in [0.2, 0.25) is 0 Å². The van der Waals surface area contributed by atoms with Crippen LogP contribution in [-0.4, -0.2) is 39.5 Å². The van der Waals surface area contributed by atoms with Crippen molar-refractivity contribution in [3.63, 3.8) is 0 Å². The van der Waals surface area contributed by atoms with Crippen LogP contribution in [0.5, 0.6) is 0 Å². The molecule has 0 saturated carbocycles. The van der Waals surface area contributed by atoms with Gasteiger partial charge in [-0.05, 0) is 45.0 Å². The van der Waals surface area contributed by atoms with Crippen LogP contribution in [0.25, 0.3) is 0 Å². The zero-order chi connectivity index (χ0) is 13.7. The third-order valence-electron chi connectivity index (χ3n) is 3.28. The van der Waals surface area contributed by atoms with E-state index in [9.17, 15) is 8.42 Å². The van der Waals surface area contributed by atoms with Crippen LogP contribution >= 0.6 is 11.3 Å². The monoisotopic (exact) mass is 303 g/mol. The molecule has 0 aliphatic carbocycles. The van der Waals surface area contributed by atoms with Gasteiger partial charge in [-0.1, -0.05) is 0 Å². The van der Waals surface area contributed by atoms with Gasteiger partial charge in [0.15, 0.2) is 0 Å². The second-order valence-corrected chi connectivity index (χ2v) is 7.52. The van der Waals surface area contributed by atoms with Gasteiger partial charge in [0.25, 0.3) is 0 Å². The molecule has 1 saturated heterocycles. The Labute approximate surface area is 118 Å². The van der Waals surface area contributed by atoms with E-state index in [4.69, 9.17) is 5.73 Å². The number of likely N-dealkylation sites (tertiary alicyclic amines) is 1. The van der Waals surface area contributed by atoms with E-state index in [0.717, 1.165) is 30.9 Å². The van der Waals surface area contributed by atoms with Gasteiger partial charge in [0, 0.05) is 23.3 Å². The van der Waals surface area contributed by atoms with Gasteiger partial charge < -0.3 is 10.6 Å². The Morgan fingerprint density at radius 3 is 2.74 bits per heavy atom. The van der Waals surface area contributed by atoms with Crippen LogP contribution in [-0.2, 0) is 16.6 Å². The fourth-order valence-electron chi connectivity index (χ4n) is 2.21. The quantitative estimate of drug-likeness (QED) is 0.736. The molecule has 3 N–H and O–H groups in total. The number of thiophene rings is 1. The summed E-state index contributed by atoms with van der Waals surface area (Å²) in [5, 5.41) is 1.64. The molecule has 2 rings (SSSR count). The van der Waals surface area contributed by atoms with E-state index in [2.05, 4.69) is 9.62 Å². The number of nitrogens with two attached hydrogens (primary N) is 1. The van der Waals surface area contributed by atoms with Crippen LogP contribution in [0, 0.1) is 0 Å². The Kier molecular flexibility index (Phi) is 5.35. The highest BCUT2D eigenvalue weighted by Crippen LogP contribution is 2.18. The number of rotatable bonds is 7. The molecule has 19 heavy (non-hydrogen) atoms. The van der Waals surface area contributed by atoms with E-state index >= 15 is 0 Å². The van der Waals surface area contributed by atoms with Crippen molar-refractivity contribution in [2.24, 2.45) is 5.73 Å². The molecule has 0 bridgehead atoms. The van der Waals surface area contributed by atoms with Gasteiger partial charge in [0.1, 0.15) is 0 Å². The van der Waals surface area contributed by atoms with Crippen molar-refractivity contribution < 1.29 is 8.42 Å². The van der Waals surface area contributed by atoms with Crippen molar-refractivity contribution in [2.75, 3.05) is 26.2 Å². The van der Waals surface area contributed by atoms with Crippen LogP contribution < -0.4 is 10.5 Å². The first kappa shape index (κ1) is 14.9. The Hall–Kier alpha value is -0.470. The lowest BCUT2D eigenvalue weighted by Gasteiger charge is -2.14. The van der Waals surface area contributed by atoms with E-state index in [1.165, 1.54) is 24.2 Å². The molecular weight excluding hydrogens is 282 g/mol. The molecule has 0 atom stereocenters. The zero-order valence-corrected chi connectivity index (χ0v) is 12.6. The standard InChI is InChI=1S/C12H21N3O2S2/c13-9-11-8-12(10-18-11)19(16,17)14-4-3-7-15-5-1-2-6-15/h8,10,14H,1-7,9,13H2. The molecule has 108 valence electrons. The summed E-state index contributed by atoms with van der Waals surface area (Å²) < 4.78 is 26.6. The number of hydrogen-bond acceptors (Lipinski definition) is 5. The highest BCUT2D eigenvalue weighted by Gasteiger charge is 2.16. The minimum absolute atomic E-state index is 0.333. The molecule has 2 heterocycles. The first-order chi connectivity index (χ1) is 9.12. The van der Waals surface area contributed by atoms with Gasteiger partial charge in [-0.15, -0.1) is 11.3 Å². The topological polar surface area (TPSA) is 75.4 Å². The summed E-state index contributed by atoms with van der Waals surface area (Å²) in [6.07, 6.45) is 3.39. The maximum atomic E-state index is 12.0. The minimum atomic E-state index is -3.36. The van der Waals surface area contributed by atoms with Crippen molar-refractivity contribution in [1.29, 1.82) is 0 Å². The third kappa shape index (κ3) is 4.25.